The van der Waals surface area contributed by atoms with Crippen molar-refractivity contribution < 1.29 is 13.2 Å². The summed E-state index contributed by atoms with van der Waals surface area (Å²) in [4.78, 5) is 2.69. The largest absolute Gasteiger partial charge is 0.416 e. The number of halogens is 3. The molecule has 1 saturated carbocycles. The van der Waals surface area contributed by atoms with E-state index in [0.29, 0.717) is 17.4 Å². The second kappa shape index (κ2) is 8.97. The lowest BCUT2D eigenvalue weighted by atomic mass is 9.63. The second-order valence-corrected chi connectivity index (χ2v) is 9.96. The summed E-state index contributed by atoms with van der Waals surface area (Å²) in [5.41, 5.74) is 3.55. The van der Waals surface area contributed by atoms with Crippen molar-refractivity contribution in [3.05, 3.63) is 70.8 Å². The number of hydrogen-bond donors (Lipinski definition) is 0. The highest BCUT2D eigenvalue weighted by Gasteiger charge is 2.41. The molecule has 0 amide bonds. The highest BCUT2D eigenvalue weighted by atomic mass is 19.4. The maximum absolute atomic E-state index is 12.8. The Bertz CT molecular complexity index is 850. The van der Waals surface area contributed by atoms with Crippen molar-refractivity contribution in [3.63, 3.8) is 0 Å². The van der Waals surface area contributed by atoms with Gasteiger partial charge in [-0.25, -0.2) is 0 Å². The summed E-state index contributed by atoms with van der Waals surface area (Å²) >= 11 is 0. The smallest absolute Gasteiger partial charge is 0.300 e. The van der Waals surface area contributed by atoms with Crippen LogP contribution in [0.4, 0.5) is 13.2 Å². The predicted molar refractivity (Wildman–Crippen MR) is 120 cm³/mol. The molecule has 4 rings (SSSR count). The Balaban J connectivity index is 1.36. The van der Waals surface area contributed by atoms with Crippen molar-refractivity contribution in [2.75, 3.05) is 13.1 Å². The molecule has 2 fully saturated rings. The van der Waals surface area contributed by atoms with Gasteiger partial charge in [0.1, 0.15) is 0 Å². The van der Waals surface area contributed by atoms with Gasteiger partial charge in [0, 0.05) is 24.5 Å². The fourth-order valence-electron chi connectivity index (χ4n) is 5.39. The maximum Gasteiger partial charge on any atom is 0.416 e. The molecule has 1 aliphatic heterocycles. The van der Waals surface area contributed by atoms with Gasteiger partial charge in [-0.2, -0.15) is 13.2 Å². The zero-order valence-electron chi connectivity index (χ0n) is 18.7. The summed E-state index contributed by atoms with van der Waals surface area (Å²) in [7, 11) is 0. The molecule has 0 N–H and O–H groups in total. The Labute approximate surface area is 184 Å². The molecule has 2 atom stereocenters. The number of nitrogens with zero attached hydrogens (tertiary/aromatic N) is 1. The van der Waals surface area contributed by atoms with Crippen molar-refractivity contribution in [2.24, 2.45) is 5.92 Å². The van der Waals surface area contributed by atoms with Crippen LogP contribution in [0, 0.1) is 12.8 Å². The van der Waals surface area contributed by atoms with Crippen LogP contribution in [-0.4, -0.2) is 24.0 Å². The van der Waals surface area contributed by atoms with Crippen molar-refractivity contribution in [1.29, 1.82) is 0 Å². The van der Waals surface area contributed by atoms with E-state index < -0.39 is 11.7 Å². The van der Waals surface area contributed by atoms with Gasteiger partial charge < -0.3 is 0 Å². The minimum Gasteiger partial charge on any atom is -0.300 e. The second-order valence-electron chi connectivity index (χ2n) is 9.96. The van der Waals surface area contributed by atoms with Gasteiger partial charge in [0.15, 0.2) is 0 Å². The Morgan fingerprint density at radius 3 is 2.23 bits per heavy atom. The van der Waals surface area contributed by atoms with Crippen LogP contribution in [-0.2, 0) is 18.0 Å². The normalized spacial score (nSPS) is 24.0. The molecule has 2 aliphatic rings. The number of rotatable bonds is 6. The molecular formula is C27H34F3N. The van der Waals surface area contributed by atoms with E-state index in [4.69, 9.17) is 0 Å². The molecule has 1 nitrogen and oxygen atoms in total. The fourth-order valence-corrected chi connectivity index (χ4v) is 5.39. The van der Waals surface area contributed by atoms with Crippen molar-refractivity contribution >= 4 is 0 Å². The Morgan fingerprint density at radius 1 is 0.968 bits per heavy atom. The van der Waals surface area contributed by atoms with Gasteiger partial charge >= 0.3 is 6.18 Å². The lowest BCUT2D eigenvalue weighted by Crippen LogP contribution is -2.51. The number of piperidine rings is 1. The van der Waals surface area contributed by atoms with E-state index in [1.54, 1.807) is 12.1 Å². The predicted octanol–water partition coefficient (Wildman–Crippen LogP) is 7.17. The molecule has 168 valence electrons. The number of aryl methyl sites for hydroxylation is 2. The van der Waals surface area contributed by atoms with Crippen molar-refractivity contribution in [2.45, 2.75) is 76.4 Å². The lowest BCUT2D eigenvalue weighted by Gasteiger charge is -2.49. The third-order valence-electron chi connectivity index (χ3n) is 7.71. The first-order valence-corrected chi connectivity index (χ1v) is 11.7. The standard InChI is InChI=1S/C27H34F3N/c1-20-4-12-24(13-5-20)26(16-3-17-26)19-31-18-23(7-6-21(31)2)9-8-22-10-14-25(15-11-22)27(28,29)30/h4-5,10-15,21,23H,3,6-9,16-19H2,1-2H3/t21-,23-/m0/s1. The number of alkyl halides is 3. The van der Waals surface area contributed by atoms with E-state index in [2.05, 4.69) is 43.0 Å². The van der Waals surface area contributed by atoms with E-state index >= 15 is 0 Å². The van der Waals surface area contributed by atoms with Crippen LogP contribution in [0.2, 0.25) is 0 Å². The molecule has 31 heavy (non-hydrogen) atoms. The molecule has 2 aromatic carbocycles. The van der Waals surface area contributed by atoms with Gasteiger partial charge in [-0.3, -0.25) is 4.90 Å². The summed E-state index contributed by atoms with van der Waals surface area (Å²) in [6.45, 7) is 6.74. The van der Waals surface area contributed by atoms with Gasteiger partial charge in [0.05, 0.1) is 5.56 Å². The summed E-state index contributed by atoms with van der Waals surface area (Å²) in [6, 6.07) is 15.4. The van der Waals surface area contributed by atoms with Gasteiger partial charge in [0.2, 0.25) is 0 Å². The van der Waals surface area contributed by atoms with Crippen LogP contribution in [0.25, 0.3) is 0 Å². The lowest BCUT2D eigenvalue weighted by molar-refractivity contribution is -0.137. The molecule has 0 unspecified atom stereocenters. The zero-order valence-corrected chi connectivity index (χ0v) is 18.7. The minimum atomic E-state index is -4.26. The highest BCUT2D eigenvalue weighted by molar-refractivity contribution is 5.31. The summed E-state index contributed by atoms with van der Waals surface area (Å²) in [5.74, 6) is 0.619. The molecule has 0 aromatic heterocycles. The summed E-state index contributed by atoms with van der Waals surface area (Å²) in [6.07, 6.45) is 3.93. The number of hydrogen-bond acceptors (Lipinski definition) is 1. The molecule has 2 aromatic rings. The summed E-state index contributed by atoms with van der Waals surface area (Å²) < 4.78 is 38.3. The molecule has 1 saturated heterocycles. The Morgan fingerprint density at radius 2 is 1.65 bits per heavy atom. The van der Waals surface area contributed by atoms with Crippen molar-refractivity contribution in [3.8, 4) is 0 Å². The Kier molecular flexibility index (Phi) is 6.48. The molecular weight excluding hydrogens is 395 g/mol. The van der Waals surface area contributed by atoms with E-state index in [-0.39, 0.29) is 0 Å². The van der Waals surface area contributed by atoms with Crippen LogP contribution < -0.4 is 0 Å². The first kappa shape index (κ1) is 22.4. The molecule has 0 bridgehead atoms. The molecule has 1 aliphatic carbocycles. The minimum absolute atomic E-state index is 0.303. The van der Waals surface area contributed by atoms with Gasteiger partial charge in [-0.1, -0.05) is 48.4 Å². The SMILES string of the molecule is Cc1ccc(C2(CN3C[C@H](CCc4ccc(C(F)(F)F)cc4)CC[C@@H]3C)CCC2)cc1. The monoisotopic (exact) mass is 429 g/mol. The van der Waals surface area contributed by atoms with Crippen LogP contribution in [0.1, 0.15) is 67.7 Å². The highest BCUT2D eigenvalue weighted by Crippen LogP contribution is 2.45. The average Bonchev–Trinajstić information content (AvgIpc) is 2.71. The topological polar surface area (TPSA) is 3.24 Å². The van der Waals surface area contributed by atoms with Gasteiger partial charge in [0.25, 0.3) is 0 Å². The molecule has 4 heteroatoms. The van der Waals surface area contributed by atoms with E-state index in [0.717, 1.165) is 31.5 Å². The number of benzene rings is 2. The van der Waals surface area contributed by atoms with Crippen LogP contribution in [0.3, 0.4) is 0 Å². The summed E-state index contributed by atoms with van der Waals surface area (Å²) in [5, 5.41) is 0. The van der Waals surface area contributed by atoms with Gasteiger partial charge in [-0.05, 0) is 81.5 Å². The first-order chi connectivity index (χ1) is 14.7. The van der Waals surface area contributed by atoms with Crippen LogP contribution >= 0.6 is 0 Å². The maximum atomic E-state index is 12.8. The fraction of sp³-hybridized carbons (Fsp3) is 0.556. The molecule has 0 spiro atoms. The zero-order chi connectivity index (χ0) is 22.1. The molecule has 1 heterocycles. The Hall–Kier alpha value is -1.81. The molecule has 0 radical (unpaired) electrons. The van der Waals surface area contributed by atoms with Crippen LogP contribution in [0.5, 0.6) is 0 Å². The average molecular weight is 430 g/mol. The first-order valence-electron chi connectivity index (χ1n) is 11.7. The third-order valence-corrected chi connectivity index (χ3v) is 7.71. The van der Waals surface area contributed by atoms with Crippen LogP contribution in [0.15, 0.2) is 48.5 Å². The third kappa shape index (κ3) is 5.16. The van der Waals surface area contributed by atoms with Gasteiger partial charge in [-0.15, -0.1) is 0 Å². The number of likely N-dealkylation sites (tertiary alicyclic amines) is 1. The van der Waals surface area contributed by atoms with Crippen molar-refractivity contribution in [1.82, 2.24) is 4.90 Å². The quantitative estimate of drug-likeness (QED) is 0.470. The van der Waals surface area contributed by atoms with E-state index in [1.165, 1.54) is 55.4 Å². The van der Waals surface area contributed by atoms with E-state index in [1.807, 2.05) is 0 Å². The van der Waals surface area contributed by atoms with E-state index in [9.17, 15) is 13.2 Å².